The van der Waals surface area contributed by atoms with Crippen LogP contribution in [0.3, 0.4) is 0 Å². The van der Waals surface area contributed by atoms with Crippen molar-refractivity contribution in [2.75, 3.05) is 6.61 Å². The van der Waals surface area contributed by atoms with Crippen LogP contribution in [0.25, 0.3) is 26.4 Å². The third-order valence-electron chi connectivity index (χ3n) is 5.27. The molecule has 3 heterocycles. The zero-order valence-corrected chi connectivity index (χ0v) is 17.0. The zero-order chi connectivity index (χ0) is 20.8. The Morgan fingerprint density at radius 2 is 2.20 bits per heavy atom. The first-order valence-electron chi connectivity index (χ1n) is 9.71. The molecule has 6 nitrogen and oxygen atoms in total. The molecular weight excluding hydrogens is 405 g/mol. The molecule has 1 unspecified atom stereocenters. The average Bonchev–Trinajstić information content (AvgIpc) is 3.41. The summed E-state index contributed by atoms with van der Waals surface area (Å²) in [7, 11) is 0. The highest BCUT2D eigenvalue weighted by Gasteiger charge is 2.23. The molecule has 2 aromatic heterocycles. The summed E-state index contributed by atoms with van der Waals surface area (Å²) in [5.41, 5.74) is 3.11. The van der Waals surface area contributed by atoms with Crippen molar-refractivity contribution in [1.29, 1.82) is 0 Å². The van der Waals surface area contributed by atoms with Crippen LogP contribution in [0, 0.1) is 5.82 Å². The quantitative estimate of drug-likeness (QED) is 0.491. The zero-order valence-electron chi connectivity index (χ0n) is 16.1. The predicted molar refractivity (Wildman–Crippen MR) is 112 cm³/mol. The first kappa shape index (κ1) is 18.7. The van der Waals surface area contributed by atoms with Crippen LogP contribution in [0.2, 0.25) is 0 Å². The van der Waals surface area contributed by atoms with Gasteiger partial charge in [0.05, 0.1) is 34.1 Å². The minimum Gasteiger partial charge on any atom is -0.462 e. The number of halogens is 1. The molecule has 2 aromatic carbocycles. The number of fused-ring (bicyclic) bond motifs is 3. The van der Waals surface area contributed by atoms with Gasteiger partial charge in [0, 0.05) is 18.2 Å². The van der Waals surface area contributed by atoms with E-state index in [2.05, 4.69) is 10.3 Å². The molecule has 5 rings (SSSR count). The molecule has 1 amide bonds. The highest BCUT2D eigenvalue weighted by molar-refractivity contribution is 7.23. The van der Waals surface area contributed by atoms with Gasteiger partial charge in [-0.2, -0.15) is 0 Å². The number of nitrogens with zero attached hydrogens (tertiary/aromatic N) is 2. The number of esters is 1. The Labute approximate surface area is 175 Å². The number of rotatable bonds is 4. The Bertz CT molecular complexity index is 1310. The second kappa shape index (κ2) is 7.21. The lowest BCUT2D eigenvalue weighted by Crippen LogP contribution is -2.18. The number of benzene rings is 2. The Morgan fingerprint density at radius 3 is 2.93 bits per heavy atom. The monoisotopic (exact) mass is 423 g/mol. The van der Waals surface area contributed by atoms with Crippen LogP contribution in [0.15, 0.2) is 42.6 Å². The van der Waals surface area contributed by atoms with Gasteiger partial charge in [-0.25, -0.2) is 14.2 Å². The van der Waals surface area contributed by atoms with Gasteiger partial charge >= 0.3 is 5.97 Å². The number of ether oxygens (including phenoxy) is 1. The number of thiazole rings is 1. The van der Waals surface area contributed by atoms with Gasteiger partial charge in [0.25, 0.3) is 0 Å². The van der Waals surface area contributed by atoms with E-state index in [1.54, 1.807) is 31.3 Å². The van der Waals surface area contributed by atoms with Crippen molar-refractivity contribution in [2.45, 2.75) is 25.8 Å². The maximum absolute atomic E-state index is 14.8. The Balaban J connectivity index is 1.49. The van der Waals surface area contributed by atoms with Gasteiger partial charge in [-0.3, -0.25) is 9.20 Å². The van der Waals surface area contributed by atoms with Crippen molar-refractivity contribution < 1.29 is 18.7 Å². The van der Waals surface area contributed by atoms with Crippen molar-refractivity contribution in [3.8, 4) is 11.3 Å². The van der Waals surface area contributed by atoms with E-state index in [1.165, 1.54) is 17.4 Å². The standard InChI is InChI=1S/C22H18FN3O3S/c1-2-29-21(28)13-4-7-18-19(10-13)30-22-25-17(11-26(18)22)14-5-3-12(9-15(14)23)16-6-8-20(27)24-16/h3-5,7,9-11,16H,2,6,8H2,1H3,(H,24,27). The van der Waals surface area contributed by atoms with E-state index < -0.39 is 0 Å². The van der Waals surface area contributed by atoms with Crippen molar-refractivity contribution >= 4 is 38.4 Å². The van der Waals surface area contributed by atoms with Gasteiger partial charge in [0.1, 0.15) is 5.82 Å². The molecule has 8 heteroatoms. The van der Waals surface area contributed by atoms with Gasteiger partial charge < -0.3 is 10.1 Å². The van der Waals surface area contributed by atoms with Crippen molar-refractivity contribution in [2.24, 2.45) is 0 Å². The Kier molecular flexibility index (Phi) is 4.51. The molecule has 30 heavy (non-hydrogen) atoms. The fourth-order valence-corrected chi connectivity index (χ4v) is 4.84. The summed E-state index contributed by atoms with van der Waals surface area (Å²) in [5, 5.41) is 2.86. The molecule has 1 aliphatic heterocycles. The average molecular weight is 423 g/mol. The van der Waals surface area contributed by atoms with Crippen molar-refractivity contribution in [1.82, 2.24) is 14.7 Å². The maximum Gasteiger partial charge on any atom is 0.338 e. The fraction of sp³-hybridized carbons (Fsp3) is 0.227. The van der Waals surface area contributed by atoms with Gasteiger partial charge in [0.2, 0.25) is 5.91 Å². The molecule has 1 aliphatic rings. The van der Waals surface area contributed by atoms with Gasteiger partial charge in [0.15, 0.2) is 4.96 Å². The van der Waals surface area contributed by atoms with Gasteiger partial charge in [-0.05, 0) is 49.2 Å². The minimum atomic E-state index is -0.367. The second-order valence-electron chi connectivity index (χ2n) is 7.18. The molecule has 0 aliphatic carbocycles. The van der Waals surface area contributed by atoms with Crippen molar-refractivity contribution in [3.05, 3.63) is 59.5 Å². The topological polar surface area (TPSA) is 72.7 Å². The fourth-order valence-electron chi connectivity index (χ4n) is 3.79. The maximum atomic E-state index is 14.8. The van der Waals surface area contributed by atoms with Crippen LogP contribution in [0.1, 0.15) is 41.7 Å². The molecular formula is C22H18FN3O3S. The van der Waals surface area contributed by atoms with E-state index in [0.29, 0.717) is 41.2 Å². The van der Waals surface area contributed by atoms with Crippen LogP contribution >= 0.6 is 11.3 Å². The third kappa shape index (κ3) is 3.13. The lowest BCUT2D eigenvalue weighted by atomic mass is 10.0. The number of hydrogen-bond acceptors (Lipinski definition) is 5. The Hall–Kier alpha value is -3.26. The molecule has 0 spiro atoms. The first-order valence-corrected chi connectivity index (χ1v) is 10.5. The van der Waals surface area contributed by atoms with Crippen molar-refractivity contribution in [3.63, 3.8) is 0 Å². The third-order valence-corrected chi connectivity index (χ3v) is 6.29. The molecule has 0 saturated carbocycles. The second-order valence-corrected chi connectivity index (χ2v) is 8.19. The minimum absolute atomic E-state index is 0.00295. The van der Waals surface area contributed by atoms with Crippen LogP contribution in [-0.2, 0) is 9.53 Å². The lowest BCUT2D eigenvalue weighted by Gasteiger charge is -2.11. The number of carbonyl (C=O) groups is 2. The van der Waals surface area contributed by atoms with Crippen LogP contribution in [0.4, 0.5) is 4.39 Å². The predicted octanol–water partition coefficient (Wildman–Crippen LogP) is 4.48. The number of hydrogen-bond donors (Lipinski definition) is 1. The SMILES string of the molecule is CCOC(=O)c1ccc2c(c1)sc1nc(-c3ccc(C4CCC(=O)N4)cc3F)cn12. The summed E-state index contributed by atoms with van der Waals surface area (Å²) in [6.45, 7) is 2.10. The summed E-state index contributed by atoms with van der Waals surface area (Å²) in [4.78, 5) is 28.7. The van der Waals surface area contributed by atoms with Crippen LogP contribution < -0.4 is 5.32 Å². The highest BCUT2D eigenvalue weighted by Crippen LogP contribution is 2.33. The van der Waals surface area contributed by atoms with Gasteiger partial charge in [-0.15, -0.1) is 0 Å². The summed E-state index contributed by atoms with van der Waals surface area (Å²) in [6.07, 6.45) is 2.95. The molecule has 1 saturated heterocycles. The molecule has 1 atom stereocenters. The van der Waals surface area contributed by atoms with E-state index >= 15 is 0 Å². The summed E-state index contributed by atoms with van der Waals surface area (Å²) >= 11 is 1.43. The summed E-state index contributed by atoms with van der Waals surface area (Å²) in [6, 6.07) is 10.2. The number of imidazole rings is 1. The van der Waals surface area contributed by atoms with Crippen LogP contribution in [-0.4, -0.2) is 27.9 Å². The molecule has 0 bridgehead atoms. The first-order chi connectivity index (χ1) is 14.5. The van der Waals surface area contributed by atoms with E-state index in [9.17, 15) is 14.0 Å². The van der Waals surface area contributed by atoms with Crippen LogP contribution in [0.5, 0.6) is 0 Å². The number of amides is 1. The van der Waals surface area contributed by atoms with E-state index in [-0.39, 0.29) is 23.7 Å². The summed E-state index contributed by atoms with van der Waals surface area (Å²) < 4.78 is 22.7. The number of nitrogens with one attached hydrogen (secondary N) is 1. The molecule has 1 fully saturated rings. The van der Waals surface area contributed by atoms with Gasteiger partial charge in [-0.1, -0.05) is 17.4 Å². The molecule has 152 valence electrons. The summed E-state index contributed by atoms with van der Waals surface area (Å²) in [5.74, 6) is -0.725. The lowest BCUT2D eigenvalue weighted by molar-refractivity contribution is -0.119. The number of carbonyl (C=O) groups excluding carboxylic acids is 2. The molecule has 1 N–H and O–H groups in total. The molecule has 4 aromatic rings. The smallest absolute Gasteiger partial charge is 0.338 e. The Morgan fingerprint density at radius 1 is 1.33 bits per heavy atom. The largest absolute Gasteiger partial charge is 0.462 e. The van der Waals surface area contributed by atoms with E-state index in [1.807, 2.05) is 16.5 Å². The van der Waals surface area contributed by atoms with E-state index in [0.717, 1.165) is 15.8 Å². The van der Waals surface area contributed by atoms with E-state index in [4.69, 9.17) is 4.74 Å². The normalized spacial score (nSPS) is 16.3. The molecule has 0 radical (unpaired) electrons. The highest BCUT2D eigenvalue weighted by atomic mass is 32.1. The number of aromatic nitrogens is 2.